The largest absolute Gasteiger partial charge is 0.458 e. The number of anilines is 3. The Hall–Kier alpha value is -3.46. The predicted molar refractivity (Wildman–Crippen MR) is 168 cm³/mol. The van der Waals surface area contributed by atoms with Crippen LogP contribution in [0.25, 0.3) is 0 Å². The molecule has 0 radical (unpaired) electrons. The molecule has 2 aliphatic heterocycles. The smallest absolute Gasteiger partial charge is 0.256 e. The first-order chi connectivity index (χ1) is 18.2. The standard InChI is InChI=1S/C36H40BNO/c1-34(2,3)23-14-17-26(18-15-23)38-29-19-16-24(35(4,5)6)20-28(29)37-27-12-10-11-13-31(27)39-32-22-25(36(7,8)9)21-30(38)33(32)37/h10-22H,1-9H3. The molecule has 4 aromatic rings. The average Bonchev–Trinajstić information content (AvgIpc) is 2.86. The Bertz CT molecular complexity index is 1580. The molecule has 2 heterocycles. The quantitative estimate of drug-likeness (QED) is 0.207. The van der Waals surface area contributed by atoms with E-state index < -0.39 is 0 Å². The molecule has 0 amide bonds. The van der Waals surface area contributed by atoms with E-state index in [4.69, 9.17) is 4.74 Å². The highest BCUT2D eigenvalue weighted by atomic mass is 16.5. The van der Waals surface area contributed by atoms with Crippen LogP contribution in [0.15, 0.2) is 78.9 Å². The molecule has 39 heavy (non-hydrogen) atoms. The molecule has 0 fully saturated rings. The summed E-state index contributed by atoms with van der Waals surface area (Å²) < 4.78 is 6.69. The van der Waals surface area contributed by atoms with Gasteiger partial charge in [-0.05, 0) is 85.7 Å². The summed E-state index contributed by atoms with van der Waals surface area (Å²) in [4.78, 5) is 2.47. The highest BCUT2D eigenvalue weighted by molar-refractivity contribution is 6.99. The molecule has 6 rings (SSSR count). The Morgan fingerprint density at radius 3 is 1.79 bits per heavy atom. The van der Waals surface area contributed by atoms with Crippen molar-refractivity contribution in [1.29, 1.82) is 0 Å². The van der Waals surface area contributed by atoms with Crippen molar-refractivity contribution in [2.45, 2.75) is 78.6 Å². The van der Waals surface area contributed by atoms with Crippen molar-refractivity contribution < 1.29 is 4.74 Å². The van der Waals surface area contributed by atoms with E-state index in [1.807, 2.05) is 0 Å². The fourth-order valence-electron chi connectivity index (χ4n) is 5.99. The molecule has 0 spiro atoms. The maximum atomic E-state index is 6.69. The van der Waals surface area contributed by atoms with Gasteiger partial charge >= 0.3 is 0 Å². The van der Waals surface area contributed by atoms with Crippen LogP contribution in [0.1, 0.15) is 79.0 Å². The van der Waals surface area contributed by atoms with Crippen LogP contribution < -0.4 is 26.0 Å². The summed E-state index contributed by atoms with van der Waals surface area (Å²) in [6.07, 6.45) is 0. The molecule has 0 aromatic heterocycles. The van der Waals surface area contributed by atoms with Crippen LogP contribution in [-0.4, -0.2) is 6.71 Å². The third-order valence-corrected chi connectivity index (χ3v) is 8.40. The van der Waals surface area contributed by atoms with Gasteiger partial charge in [0, 0.05) is 17.1 Å². The van der Waals surface area contributed by atoms with Crippen molar-refractivity contribution in [3.63, 3.8) is 0 Å². The lowest BCUT2D eigenvalue weighted by Crippen LogP contribution is -2.59. The number of hydrogen-bond acceptors (Lipinski definition) is 2. The van der Waals surface area contributed by atoms with Crippen molar-refractivity contribution in [3.8, 4) is 11.5 Å². The molecular formula is C36H40BNO. The Morgan fingerprint density at radius 1 is 0.538 bits per heavy atom. The summed E-state index contributed by atoms with van der Waals surface area (Å²) in [5, 5.41) is 0. The number of para-hydroxylation sites is 1. The van der Waals surface area contributed by atoms with Crippen molar-refractivity contribution in [1.82, 2.24) is 0 Å². The van der Waals surface area contributed by atoms with Gasteiger partial charge < -0.3 is 9.64 Å². The van der Waals surface area contributed by atoms with E-state index in [1.54, 1.807) is 0 Å². The number of nitrogens with zero attached hydrogens (tertiary/aromatic N) is 1. The van der Waals surface area contributed by atoms with Gasteiger partial charge in [0.1, 0.15) is 11.5 Å². The van der Waals surface area contributed by atoms with Crippen molar-refractivity contribution in [3.05, 3.63) is 95.6 Å². The first-order valence-corrected chi connectivity index (χ1v) is 14.2. The lowest BCUT2D eigenvalue weighted by atomic mass is 9.34. The molecule has 2 aliphatic rings. The zero-order chi connectivity index (χ0) is 27.9. The molecular weight excluding hydrogens is 473 g/mol. The van der Waals surface area contributed by atoms with E-state index in [-0.39, 0.29) is 23.0 Å². The van der Waals surface area contributed by atoms with Crippen molar-refractivity contribution in [2.75, 3.05) is 4.90 Å². The average molecular weight is 514 g/mol. The highest BCUT2D eigenvalue weighted by Gasteiger charge is 2.43. The molecule has 2 nitrogen and oxygen atoms in total. The minimum absolute atomic E-state index is 0.0144. The van der Waals surface area contributed by atoms with Crippen molar-refractivity contribution >= 4 is 40.2 Å². The van der Waals surface area contributed by atoms with Crippen LogP contribution in [0.4, 0.5) is 17.1 Å². The van der Waals surface area contributed by atoms with Gasteiger partial charge in [-0.25, -0.2) is 0 Å². The normalized spacial score (nSPS) is 14.4. The van der Waals surface area contributed by atoms with Crippen LogP contribution in [0.5, 0.6) is 11.5 Å². The second kappa shape index (κ2) is 8.52. The summed E-state index contributed by atoms with van der Waals surface area (Å²) in [6, 6.07) is 29.5. The molecule has 0 N–H and O–H groups in total. The number of hydrogen-bond donors (Lipinski definition) is 0. The lowest BCUT2D eigenvalue weighted by molar-refractivity contribution is 0.483. The van der Waals surface area contributed by atoms with Gasteiger partial charge in [-0.2, -0.15) is 0 Å². The Kier molecular flexibility index (Phi) is 5.64. The van der Waals surface area contributed by atoms with Gasteiger partial charge in [0.2, 0.25) is 0 Å². The van der Waals surface area contributed by atoms with Crippen LogP contribution in [0.2, 0.25) is 0 Å². The van der Waals surface area contributed by atoms with Gasteiger partial charge in [0.15, 0.2) is 0 Å². The molecule has 0 aliphatic carbocycles. The number of rotatable bonds is 1. The zero-order valence-electron chi connectivity index (χ0n) is 24.9. The van der Waals surface area contributed by atoms with Crippen LogP contribution in [-0.2, 0) is 16.2 Å². The summed E-state index contributed by atoms with van der Waals surface area (Å²) in [5.41, 5.74) is 11.6. The van der Waals surface area contributed by atoms with Gasteiger partial charge in [-0.15, -0.1) is 0 Å². The van der Waals surface area contributed by atoms with Gasteiger partial charge in [0.05, 0.1) is 0 Å². The zero-order valence-corrected chi connectivity index (χ0v) is 24.9. The first-order valence-electron chi connectivity index (χ1n) is 14.2. The topological polar surface area (TPSA) is 12.5 Å². The Labute approximate surface area is 235 Å². The van der Waals surface area contributed by atoms with Gasteiger partial charge in [-0.3, -0.25) is 0 Å². The first kappa shape index (κ1) is 25.8. The molecule has 0 unspecified atom stereocenters. The molecule has 0 bridgehead atoms. The molecule has 0 saturated heterocycles. The van der Waals surface area contributed by atoms with Crippen LogP contribution in [0.3, 0.4) is 0 Å². The molecule has 198 valence electrons. The van der Waals surface area contributed by atoms with E-state index in [0.29, 0.717) is 0 Å². The number of fused-ring (bicyclic) bond motifs is 4. The third-order valence-electron chi connectivity index (χ3n) is 8.40. The predicted octanol–water partition coefficient (Wildman–Crippen LogP) is 7.98. The minimum Gasteiger partial charge on any atom is -0.458 e. The van der Waals surface area contributed by atoms with E-state index in [1.165, 1.54) is 50.1 Å². The number of ether oxygens (including phenoxy) is 1. The summed E-state index contributed by atoms with van der Waals surface area (Å²) >= 11 is 0. The highest BCUT2D eigenvalue weighted by Crippen LogP contribution is 2.43. The molecule has 0 saturated carbocycles. The third kappa shape index (κ3) is 4.27. The van der Waals surface area contributed by atoms with Crippen LogP contribution >= 0.6 is 0 Å². The van der Waals surface area contributed by atoms with E-state index in [0.717, 1.165) is 11.5 Å². The van der Waals surface area contributed by atoms with Crippen molar-refractivity contribution in [2.24, 2.45) is 0 Å². The van der Waals surface area contributed by atoms with Crippen LogP contribution in [0, 0.1) is 0 Å². The fourth-order valence-corrected chi connectivity index (χ4v) is 5.99. The summed E-state index contributed by atoms with van der Waals surface area (Å²) in [7, 11) is 0. The van der Waals surface area contributed by atoms with E-state index in [9.17, 15) is 0 Å². The Morgan fingerprint density at radius 2 is 1.15 bits per heavy atom. The fraction of sp³-hybridized carbons (Fsp3) is 0.333. The SMILES string of the molecule is CC(C)(C)c1ccc(N2c3ccc(C(C)(C)C)cc3B3c4ccccc4Oc4cc(C(C)(C)C)cc2c43)cc1. The maximum absolute atomic E-state index is 6.69. The summed E-state index contributed by atoms with van der Waals surface area (Å²) in [5.74, 6) is 1.94. The van der Waals surface area contributed by atoms with Gasteiger partial charge in [0.25, 0.3) is 6.71 Å². The lowest BCUT2D eigenvalue weighted by Gasteiger charge is -2.41. The maximum Gasteiger partial charge on any atom is 0.256 e. The number of benzene rings is 4. The van der Waals surface area contributed by atoms with Gasteiger partial charge in [-0.1, -0.05) is 105 Å². The second-order valence-electron chi connectivity index (χ2n) is 14.4. The molecule has 3 heteroatoms. The Balaban J connectivity index is 1.68. The minimum atomic E-state index is -0.0144. The monoisotopic (exact) mass is 513 g/mol. The second-order valence-corrected chi connectivity index (χ2v) is 14.4. The van der Waals surface area contributed by atoms with E-state index >= 15 is 0 Å². The molecule has 4 aromatic carbocycles. The molecule has 0 atom stereocenters. The summed E-state index contributed by atoms with van der Waals surface area (Å²) in [6.45, 7) is 20.7. The van der Waals surface area contributed by atoms with E-state index in [2.05, 4.69) is 146 Å².